The first-order chi connectivity index (χ1) is 10.7. The lowest BCUT2D eigenvalue weighted by Gasteiger charge is -2.37. The van der Waals surface area contributed by atoms with Gasteiger partial charge in [0.2, 0.25) is 15.9 Å². The molecule has 1 aliphatic heterocycles. The molecule has 2 aliphatic carbocycles. The molecule has 3 aliphatic rings. The summed E-state index contributed by atoms with van der Waals surface area (Å²) in [4.78, 5) is 4.37. The second-order valence-electron chi connectivity index (χ2n) is 8.37. The third-order valence-electron chi connectivity index (χ3n) is 6.82. The molecule has 0 aromatic carbocycles. The highest BCUT2D eigenvalue weighted by molar-refractivity contribution is 7.89. The maximum Gasteiger partial charge on any atom is 0.241 e. The fourth-order valence-electron chi connectivity index (χ4n) is 5.28. The Labute approximate surface area is 137 Å². The molecule has 2 bridgehead atoms. The van der Waals surface area contributed by atoms with Crippen molar-refractivity contribution in [2.75, 3.05) is 5.75 Å². The lowest BCUT2D eigenvalue weighted by molar-refractivity contribution is 0.108. The number of fused-ring (bicyclic) bond motifs is 1. The third kappa shape index (κ3) is 1.92. The number of hydrogen-bond donors (Lipinski definition) is 0. The minimum atomic E-state index is -3.26. The monoisotopic (exact) mass is 339 g/mol. The Bertz CT molecular complexity index is 740. The van der Waals surface area contributed by atoms with Gasteiger partial charge in [0.15, 0.2) is 5.82 Å². The standard InChI is InChI=1S/C16H25N3O3S/c1-10(2)14-17-13(22-18-14)8-19-12-7-11-5-6-16(12,15(11,3)4)9-23(19,20)21/h10-12H,5-9H2,1-4H3/t11-,12+,16?/m1/s1. The molecule has 1 unspecified atom stereocenters. The van der Waals surface area contributed by atoms with Crippen LogP contribution in [-0.2, 0) is 16.6 Å². The fourth-order valence-corrected chi connectivity index (χ4v) is 7.79. The molecule has 7 heteroatoms. The van der Waals surface area contributed by atoms with E-state index in [0.29, 0.717) is 17.6 Å². The van der Waals surface area contributed by atoms with E-state index in [1.54, 1.807) is 4.31 Å². The van der Waals surface area contributed by atoms with Crippen molar-refractivity contribution in [1.29, 1.82) is 0 Å². The van der Waals surface area contributed by atoms with E-state index in [9.17, 15) is 8.42 Å². The number of rotatable bonds is 3. The number of nitrogens with zero attached hydrogens (tertiary/aromatic N) is 3. The number of sulfonamides is 1. The minimum absolute atomic E-state index is 0.0932. The van der Waals surface area contributed by atoms with Crippen molar-refractivity contribution < 1.29 is 12.9 Å². The smallest absolute Gasteiger partial charge is 0.241 e. The van der Waals surface area contributed by atoms with Crippen molar-refractivity contribution in [2.45, 2.75) is 65.5 Å². The molecule has 1 spiro atoms. The lowest BCUT2D eigenvalue weighted by Crippen LogP contribution is -2.41. The molecule has 1 aromatic rings. The Hall–Kier alpha value is -0.950. The van der Waals surface area contributed by atoms with Crippen molar-refractivity contribution in [3.8, 4) is 0 Å². The van der Waals surface area contributed by atoms with Gasteiger partial charge in [-0.05, 0) is 30.6 Å². The average molecular weight is 339 g/mol. The molecule has 3 fully saturated rings. The molecule has 2 heterocycles. The van der Waals surface area contributed by atoms with Gasteiger partial charge in [0.05, 0.1) is 12.3 Å². The summed E-state index contributed by atoms with van der Waals surface area (Å²) in [6.45, 7) is 8.72. The zero-order valence-corrected chi connectivity index (χ0v) is 15.1. The lowest BCUT2D eigenvalue weighted by atomic mass is 9.69. The Morgan fingerprint density at radius 1 is 1.39 bits per heavy atom. The largest absolute Gasteiger partial charge is 0.338 e. The van der Waals surface area contributed by atoms with Crippen LogP contribution in [0.4, 0.5) is 0 Å². The molecule has 23 heavy (non-hydrogen) atoms. The van der Waals surface area contributed by atoms with Gasteiger partial charge in [-0.2, -0.15) is 9.29 Å². The summed E-state index contributed by atoms with van der Waals surface area (Å²) in [7, 11) is -3.26. The Morgan fingerprint density at radius 3 is 2.74 bits per heavy atom. The maximum atomic E-state index is 12.8. The second-order valence-corrected chi connectivity index (χ2v) is 10.3. The molecule has 0 amide bonds. The van der Waals surface area contributed by atoms with Crippen molar-refractivity contribution in [1.82, 2.24) is 14.4 Å². The average Bonchev–Trinajstić information content (AvgIpc) is 3.11. The molecule has 4 rings (SSSR count). The highest BCUT2D eigenvalue weighted by atomic mass is 32.2. The number of aromatic nitrogens is 2. The van der Waals surface area contributed by atoms with Crippen LogP contribution in [-0.4, -0.2) is 34.7 Å². The topological polar surface area (TPSA) is 76.3 Å². The van der Waals surface area contributed by atoms with E-state index in [4.69, 9.17) is 4.52 Å². The summed E-state index contributed by atoms with van der Waals surface area (Å²) in [5.41, 5.74) is -0.00514. The predicted octanol–water partition coefficient (Wildman–Crippen LogP) is 2.53. The molecule has 0 N–H and O–H groups in total. The Balaban J connectivity index is 1.67. The molecule has 3 atom stereocenters. The maximum absolute atomic E-state index is 12.8. The first kappa shape index (κ1) is 15.6. The molecule has 0 radical (unpaired) electrons. The Kier molecular flexibility index (Phi) is 3.09. The van der Waals surface area contributed by atoms with Crippen LogP contribution in [0.25, 0.3) is 0 Å². The van der Waals surface area contributed by atoms with E-state index in [0.717, 1.165) is 19.3 Å². The van der Waals surface area contributed by atoms with Crippen molar-refractivity contribution in [2.24, 2.45) is 16.7 Å². The van der Waals surface area contributed by atoms with Crippen LogP contribution in [0, 0.1) is 16.7 Å². The molecule has 128 valence electrons. The van der Waals surface area contributed by atoms with E-state index in [-0.39, 0.29) is 35.1 Å². The van der Waals surface area contributed by atoms with Gasteiger partial charge in [0.25, 0.3) is 0 Å². The van der Waals surface area contributed by atoms with E-state index in [2.05, 4.69) is 24.0 Å². The van der Waals surface area contributed by atoms with Crippen LogP contribution in [0.1, 0.15) is 64.6 Å². The highest BCUT2D eigenvalue weighted by Crippen LogP contribution is 2.70. The van der Waals surface area contributed by atoms with E-state index < -0.39 is 10.0 Å². The van der Waals surface area contributed by atoms with Crippen LogP contribution in [0.2, 0.25) is 0 Å². The summed E-state index contributed by atoms with van der Waals surface area (Å²) in [5.74, 6) is 2.13. The summed E-state index contributed by atoms with van der Waals surface area (Å²) in [5, 5.41) is 3.96. The third-order valence-corrected chi connectivity index (χ3v) is 8.80. The van der Waals surface area contributed by atoms with E-state index >= 15 is 0 Å². The second kappa shape index (κ2) is 4.57. The van der Waals surface area contributed by atoms with E-state index in [1.807, 2.05) is 13.8 Å². The van der Waals surface area contributed by atoms with Crippen LogP contribution in [0.15, 0.2) is 4.52 Å². The molecular weight excluding hydrogens is 314 g/mol. The number of hydrogen-bond acceptors (Lipinski definition) is 5. The van der Waals surface area contributed by atoms with Gasteiger partial charge in [-0.1, -0.05) is 32.9 Å². The molecule has 1 aromatic heterocycles. The minimum Gasteiger partial charge on any atom is -0.338 e. The fraction of sp³-hybridized carbons (Fsp3) is 0.875. The zero-order chi connectivity index (χ0) is 16.6. The molecule has 6 nitrogen and oxygen atoms in total. The van der Waals surface area contributed by atoms with Crippen LogP contribution < -0.4 is 0 Å². The summed E-state index contributed by atoms with van der Waals surface area (Å²) in [6, 6.07) is 0.0932. The van der Waals surface area contributed by atoms with Crippen molar-refractivity contribution >= 4 is 10.0 Å². The van der Waals surface area contributed by atoms with Crippen LogP contribution in [0.3, 0.4) is 0 Å². The van der Waals surface area contributed by atoms with Gasteiger partial charge in [-0.3, -0.25) is 0 Å². The summed E-state index contributed by atoms with van der Waals surface area (Å²) < 4.78 is 32.6. The van der Waals surface area contributed by atoms with Crippen LogP contribution >= 0.6 is 0 Å². The van der Waals surface area contributed by atoms with Gasteiger partial charge in [-0.15, -0.1) is 0 Å². The molecule has 1 saturated heterocycles. The van der Waals surface area contributed by atoms with Gasteiger partial charge in [0.1, 0.15) is 0 Å². The highest BCUT2D eigenvalue weighted by Gasteiger charge is 2.71. The van der Waals surface area contributed by atoms with Gasteiger partial charge >= 0.3 is 0 Å². The predicted molar refractivity (Wildman–Crippen MR) is 85.1 cm³/mol. The van der Waals surface area contributed by atoms with Gasteiger partial charge in [0, 0.05) is 17.4 Å². The molecule has 2 saturated carbocycles. The first-order valence-electron chi connectivity index (χ1n) is 8.49. The summed E-state index contributed by atoms with van der Waals surface area (Å²) in [6.07, 6.45) is 3.15. The SMILES string of the molecule is CC(C)c1noc(CN2[C@H]3C[C@H]4CCC3(CS2(=O)=O)C4(C)C)n1. The van der Waals surface area contributed by atoms with Crippen LogP contribution in [0.5, 0.6) is 0 Å². The van der Waals surface area contributed by atoms with Crippen molar-refractivity contribution in [3.63, 3.8) is 0 Å². The quantitative estimate of drug-likeness (QED) is 0.846. The first-order valence-corrected chi connectivity index (χ1v) is 10.1. The van der Waals surface area contributed by atoms with Crippen molar-refractivity contribution in [3.05, 3.63) is 11.7 Å². The Morgan fingerprint density at radius 2 is 2.13 bits per heavy atom. The van der Waals surface area contributed by atoms with Gasteiger partial charge in [-0.25, -0.2) is 8.42 Å². The summed E-state index contributed by atoms with van der Waals surface area (Å²) >= 11 is 0. The molecular formula is C16H25N3O3S. The normalized spacial score (nSPS) is 37.6. The van der Waals surface area contributed by atoms with E-state index in [1.165, 1.54) is 0 Å². The zero-order valence-electron chi connectivity index (χ0n) is 14.2. The van der Waals surface area contributed by atoms with Gasteiger partial charge < -0.3 is 4.52 Å².